The van der Waals surface area contributed by atoms with Gasteiger partial charge in [0.1, 0.15) is 11.3 Å². The summed E-state index contributed by atoms with van der Waals surface area (Å²) in [7, 11) is 1.63. The number of rotatable bonds is 5. The summed E-state index contributed by atoms with van der Waals surface area (Å²) in [5.41, 5.74) is 1.54. The zero-order valence-electron chi connectivity index (χ0n) is 19.9. The molecule has 1 unspecified atom stereocenters. The standard InChI is InChI=1S/C27H32N4O3/c1-27(26(33)28-20-9-5-3-4-6-10-20)18-30-23-12-8-7-11-22(23)29-24(30)25(32)31(27)17-19-13-15-21(34-2)16-14-19/h7-8,11-16,20H,3-6,9-10,17-18H2,1-2H3,(H,28,33). The third kappa shape index (κ3) is 4.04. The third-order valence-electron chi connectivity index (χ3n) is 7.33. The first-order valence-electron chi connectivity index (χ1n) is 12.2. The van der Waals surface area contributed by atoms with Gasteiger partial charge in [0.2, 0.25) is 5.91 Å². The summed E-state index contributed by atoms with van der Waals surface area (Å²) in [6.07, 6.45) is 6.69. The second kappa shape index (κ2) is 9.12. The van der Waals surface area contributed by atoms with E-state index < -0.39 is 5.54 Å². The van der Waals surface area contributed by atoms with Crippen molar-refractivity contribution >= 4 is 22.8 Å². The molecule has 3 aromatic rings. The van der Waals surface area contributed by atoms with Crippen molar-refractivity contribution < 1.29 is 14.3 Å². The molecule has 2 aliphatic rings. The monoisotopic (exact) mass is 460 g/mol. The predicted molar refractivity (Wildman–Crippen MR) is 131 cm³/mol. The van der Waals surface area contributed by atoms with Gasteiger partial charge in [-0.1, -0.05) is 49.9 Å². The van der Waals surface area contributed by atoms with E-state index in [1.165, 1.54) is 12.8 Å². The third-order valence-corrected chi connectivity index (χ3v) is 7.33. The van der Waals surface area contributed by atoms with Crippen LogP contribution in [0.5, 0.6) is 5.75 Å². The number of carbonyl (C=O) groups excluding carboxylic acids is 2. The summed E-state index contributed by atoms with van der Waals surface area (Å²) < 4.78 is 7.19. The van der Waals surface area contributed by atoms with E-state index in [0.29, 0.717) is 18.9 Å². The minimum absolute atomic E-state index is 0.0929. The zero-order chi connectivity index (χ0) is 23.7. The van der Waals surface area contributed by atoms with E-state index in [4.69, 9.17) is 4.74 Å². The molecule has 1 atom stereocenters. The Balaban J connectivity index is 1.52. The van der Waals surface area contributed by atoms with E-state index >= 15 is 0 Å². The number of fused-ring (bicyclic) bond motifs is 3. The molecule has 2 amide bonds. The first-order valence-corrected chi connectivity index (χ1v) is 12.2. The van der Waals surface area contributed by atoms with Crippen LogP contribution in [-0.4, -0.2) is 45.0 Å². The van der Waals surface area contributed by atoms with Crippen molar-refractivity contribution in [2.75, 3.05) is 7.11 Å². The SMILES string of the molecule is COc1ccc(CN2C(=O)c3nc4ccccc4n3CC2(C)C(=O)NC2CCCCCC2)cc1. The lowest BCUT2D eigenvalue weighted by molar-refractivity contribution is -0.134. The van der Waals surface area contributed by atoms with Gasteiger partial charge in [-0.05, 0) is 49.6 Å². The lowest BCUT2D eigenvalue weighted by Gasteiger charge is -2.44. The van der Waals surface area contributed by atoms with Crippen LogP contribution in [0.1, 0.15) is 61.6 Å². The quantitative estimate of drug-likeness (QED) is 0.576. The van der Waals surface area contributed by atoms with Crippen LogP contribution in [0.25, 0.3) is 11.0 Å². The van der Waals surface area contributed by atoms with Crippen LogP contribution in [0.15, 0.2) is 48.5 Å². The number of hydrogen-bond donors (Lipinski definition) is 1. The summed E-state index contributed by atoms with van der Waals surface area (Å²) in [4.78, 5) is 34.0. The molecule has 0 bridgehead atoms. The Hall–Kier alpha value is -3.35. The first kappa shape index (κ1) is 22.4. The fourth-order valence-corrected chi connectivity index (χ4v) is 5.26. The van der Waals surface area contributed by atoms with Crippen LogP contribution in [-0.2, 0) is 17.9 Å². The Morgan fingerprint density at radius 3 is 2.50 bits per heavy atom. The molecule has 1 aliphatic heterocycles. The first-order chi connectivity index (χ1) is 16.5. The molecule has 1 aliphatic carbocycles. The normalized spacial score (nSPS) is 21.2. The molecule has 0 radical (unpaired) electrons. The number of aromatic nitrogens is 2. The highest BCUT2D eigenvalue weighted by molar-refractivity contribution is 6.01. The maximum atomic E-state index is 13.9. The van der Waals surface area contributed by atoms with E-state index in [0.717, 1.165) is 48.0 Å². The van der Waals surface area contributed by atoms with E-state index in [-0.39, 0.29) is 17.9 Å². The van der Waals surface area contributed by atoms with Gasteiger partial charge < -0.3 is 19.5 Å². The molecule has 0 saturated heterocycles. The summed E-state index contributed by atoms with van der Waals surface area (Å²) in [5.74, 6) is 0.820. The maximum absolute atomic E-state index is 13.9. The van der Waals surface area contributed by atoms with Gasteiger partial charge in [0.25, 0.3) is 5.91 Å². The van der Waals surface area contributed by atoms with Gasteiger partial charge in [0.15, 0.2) is 5.82 Å². The highest BCUT2D eigenvalue weighted by Gasteiger charge is 2.48. The van der Waals surface area contributed by atoms with Crippen molar-refractivity contribution in [3.8, 4) is 5.75 Å². The van der Waals surface area contributed by atoms with Crippen LogP contribution in [0, 0.1) is 0 Å². The van der Waals surface area contributed by atoms with Gasteiger partial charge in [0, 0.05) is 12.6 Å². The topological polar surface area (TPSA) is 76.5 Å². The molecule has 5 rings (SSSR count). The fourth-order valence-electron chi connectivity index (χ4n) is 5.26. The van der Waals surface area contributed by atoms with Gasteiger partial charge in [-0.15, -0.1) is 0 Å². The molecule has 1 aromatic heterocycles. The molecule has 7 nitrogen and oxygen atoms in total. The summed E-state index contributed by atoms with van der Waals surface area (Å²) in [6, 6.07) is 15.5. The molecule has 2 aromatic carbocycles. The van der Waals surface area contributed by atoms with Gasteiger partial charge in [0.05, 0.1) is 24.7 Å². The van der Waals surface area contributed by atoms with Crippen molar-refractivity contribution in [2.24, 2.45) is 0 Å². The Kier molecular flexibility index (Phi) is 6.02. The second-order valence-corrected chi connectivity index (χ2v) is 9.69. The molecule has 1 fully saturated rings. The lowest BCUT2D eigenvalue weighted by Crippen LogP contribution is -2.64. The maximum Gasteiger partial charge on any atom is 0.291 e. The average molecular weight is 461 g/mol. The minimum Gasteiger partial charge on any atom is -0.497 e. The number of nitrogens with zero attached hydrogens (tertiary/aromatic N) is 3. The number of benzene rings is 2. The summed E-state index contributed by atoms with van der Waals surface area (Å²) in [5, 5.41) is 3.31. The van der Waals surface area contributed by atoms with Crippen LogP contribution < -0.4 is 10.1 Å². The van der Waals surface area contributed by atoms with Gasteiger partial charge >= 0.3 is 0 Å². The highest BCUT2D eigenvalue weighted by atomic mass is 16.5. The molecular weight excluding hydrogens is 428 g/mol. The summed E-state index contributed by atoms with van der Waals surface area (Å²) >= 11 is 0. The van der Waals surface area contributed by atoms with Crippen LogP contribution in [0.4, 0.5) is 0 Å². The number of ether oxygens (including phenoxy) is 1. The van der Waals surface area contributed by atoms with E-state index in [1.54, 1.807) is 12.0 Å². The number of hydrogen-bond acceptors (Lipinski definition) is 4. The van der Waals surface area contributed by atoms with Gasteiger partial charge in [-0.3, -0.25) is 9.59 Å². The number of amides is 2. The smallest absolute Gasteiger partial charge is 0.291 e. The Bertz CT molecular complexity index is 1190. The number of nitrogens with one attached hydrogen (secondary N) is 1. The largest absolute Gasteiger partial charge is 0.497 e. The Morgan fingerprint density at radius 2 is 1.79 bits per heavy atom. The van der Waals surface area contributed by atoms with E-state index in [2.05, 4.69) is 10.3 Å². The number of carbonyl (C=O) groups is 2. The number of imidazole rings is 1. The average Bonchev–Trinajstić information content (AvgIpc) is 3.02. The molecule has 1 saturated carbocycles. The van der Waals surface area contributed by atoms with Crippen molar-refractivity contribution in [1.29, 1.82) is 0 Å². The Labute approximate surface area is 200 Å². The number of para-hydroxylation sites is 2. The van der Waals surface area contributed by atoms with Crippen molar-refractivity contribution in [3.63, 3.8) is 0 Å². The van der Waals surface area contributed by atoms with Crippen molar-refractivity contribution in [2.45, 2.75) is 70.1 Å². The Morgan fingerprint density at radius 1 is 1.09 bits per heavy atom. The lowest BCUT2D eigenvalue weighted by atomic mass is 9.93. The van der Waals surface area contributed by atoms with Crippen LogP contribution >= 0.6 is 0 Å². The van der Waals surface area contributed by atoms with E-state index in [9.17, 15) is 9.59 Å². The summed E-state index contributed by atoms with van der Waals surface area (Å²) in [6.45, 7) is 2.57. The van der Waals surface area contributed by atoms with Crippen molar-refractivity contribution in [1.82, 2.24) is 19.8 Å². The van der Waals surface area contributed by atoms with Crippen molar-refractivity contribution in [3.05, 3.63) is 59.9 Å². The number of methoxy groups -OCH3 is 1. The zero-order valence-corrected chi connectivity index (χ0v) is 19.9. The van der Waals surface area contributed by atoms with Gasteiger partial charge in [-0.2, -0.15) is 0 Å². The molecule has 0 spiro atoms. The molecule has 34 heavy (non-hydrogen) atoms. The molecule has 1 N–H and O–H groups in total. The van der Waals surface area contributed by atoms with Gasteiger partial charge in [-0.25, -0.2) is 4.98 Å². The van der Waals surface area contributed by atoms with Crippen LogP contribution in [0.3, 0.4) is 0 Å². The minimum atomic E-state index is -1.04. The highest BCUT2D eigenvalue weighted by Crippen LogP contribution is 2.32. The van der Waals surface area contributed by atoms with Crippen LogP contribution in [0.2, 0.25) is 0 Å². The molecule has 7 heteroatoms. The second-order valence-electron chi connectivity index (χ2n) is 9.69. The molecule has 178 valence electrons. The molecule has 2 heterocycles. The predicted octanol–water partition coefficient (Wildman–Crippen LogP) is 4.30. The van der Waals surface area contributed by atoms with E-state index in [1.807, 2.05) is 60.0 Å². The molecular formula is C27H32N4O3. The fraction of sp³-hybridized carbons (Fsp3) is 0.444.